The Bertz CT molecular complexity index is 787. The van der Waals surface area contributed by atoms with Crippen LogP contribution in [-0.2, 0) is 13.1 Å². The van der Waals surface area contributed by atoms with Crippen molar-refractivity contribution in [3.8, 4) is 11.5 Å². The maximum atomic E-state index is 10.3. The number of aromatic hydroxyl groups is 1. The molecule has 0 bridgehead atoms. The van der Waals surface area contributed by atoms with Crippen molar-refractivity contribution in [2.24, 2.45) is 4.99 Å². The number of rotatable bonds is 7. The number of guanidine groups is 1. The summed E-state index contributed by atoms with van der Waals surface area (Å²) >= 11 is 0. The van der Waals surface area contributed by atoms with Crippen molar-refractivity contribution in [2.75, 3.05) is 26.7 Å². The number of para-hydroxylation sites is 1. The monoisotopic (exact) mass is 396 g/mol. The third kappa shape index (κ3) is 6.12. The zero-order valence-electron chi connectivity index (χ0n) is 17.4. The first-order valence-electron chi connectivity index (χ1n) is 10.4. The molecule has 0 aliphatic carbocycles. The van der Waals surface area contributed by atoms with Gasteiger partial charge in [0, 0.05) is 37.8 Å². The SMILES string of the molecule is CCNC(=NCc1cccc(OC)c1O)NC1CCN(Cc2ccccc2)CC1. The highest BCUT2D eigenvalue weighted by Gasteiger charge is 2.20. The van der Waals surface area contributed by atoms with E-state index in [2.05, 4.69) is 57.8 Å². The molecule has 1 fully saturated rings. The Balaban J connectivity index is 1.53. The van der Waals surface area contributed by atoms with Gasteiger partial charge in [-0.25, -0.2) is 4.99 Å². The van der Waals surface area contributed by atoms with E-state index in [1.165, 1.54) is 5.56 Å². The van der Waals surface area contributed by atoms with E-state index in [-0.39, 0.29) is 5.75 Å². The van der Waals surface area contributed by atoms with Crippen molar-refractivity contribution < 1.29 is 9.84 Å². The second-order valence-electron chi connectivity index (χ2n) is 7.34. The van der Waals surface area contributed by atoms with Crippen LogP contribution >= 0.6 is 0 Å². The molecule has 1 aliphatic heterocycles. The van der Waals surface area contributed by atoms with E-state index < -0.39 is 0 Å². The fourth-order valence-corrected chi connectivity index (χ4v) is 3.61. The lowest BCUT2D eigenvalue weighted by molar-refractivity contribution is 0.198. The zero-order valence-corrected chi connectivity index (χ0v) is 17.4. The Morgan fingerprint density at radius 3 is 2.59 bits per heavy atom. The highest BCUT2D eigenvalue weighted by atomic mass is 16.5. The molecule has 156 valence electrons. The van der Waals surface area contributed by atoms with Crippen LogP contribution in [-0.4, -0.2) is 48.8 Å². The van der Waals surface area contributed by atoms with Gasteiger partial charge in [-0.2, -0.15) is 0 Å². The molecule has 0 aromatic heterocycles. The average Bonchev–Trinajstić information content (AvgIpc) is 2.75. The van der Waals surface area contributed by atoms with Gasteiger partial charge in [0.05, 0.1) is 13.7 Å². The van der Waals surface area contributed by atoms with Gasteiger partial charge in [-0.05, 0) is 31.4 Å². The molecule has 0 radical (unpaired) electrons. The fraction of sp³-hybridized carbons (Fsp3) is 0.435. The molecule has 0 atom stereocenters. The van der Waals surface area contributed by atoms with E-state index in [9.17, 15) is 5.11 Å². The van der Waals surface area contributed by atoms with Gasteiger partial charge in [-0.1, -0.05) is 42.5 Å². The molecule has 0 unspecified atom stereocenters. The number of piperidine rings is 1. The van der Waals surface area contributed by atoms with E-state index >= 15 is 0 Å². The molecule has 0 saturated carbocycles. The first kappa shape index (κ1) is 21.0. The zero-order chi connectivity index (χ0) is 20.5. The number of phenolic OH excluding ortho intramolecular Hbond substituents is 1. The molecule has 1 heterocycles. The first-order valence-corrected chi connectivity index (χ1v) is 10.4. The minimum absolute atomic E-state index is 0.156. The van der Waals surface area contributed by atoms with Gasteiger partial charge in [0.25, 0.3) is 0 Å². The normalized spacial score (nSPS) is 15.9. The minimum atomic E-state index is 0.156. The van der Waals surface area contributed by atoms with Crippen LogP contribution in [0.1, 0.15) is 30.9 Å². The molecule has 29 heavy (non-hydrogen) atoms. The second-order valence-corrected chi connectivity index (χ2v) is 7.34. The number of benzene rings is 2. The molecule has 0 amide bonds. The largest absolute Gasteiger partial charge is 0.504 e. The molecule has 1 aliphatic rings. The smallest absolute Gasteiger partial charge is 0.191 e. The van der Waals surface area contributed by atoms with E-state index in [1.807, 2.05) is 12.1 Å². The quantitative estimate of drug-likeness (QED) is 0.496. The fourth-order valence-electron chi connectivity index (χ4n) is 3.61. The highest BCUT2D eigenvalue weighted by molar-refractivity contribution is 5.80. The summed E-state index contributed by atoms with van der Waals surface area (Å²) in [6, 6.07) is 16.5. The first-order chi connectivity index (χ1) is 14.2. The van der Waals surface area contributed by atoms with Crippen molar-refractivity contribution >= 4 is 5.96 Å². The summed E-state index contributed by atoms with van der Waals surface area (Å²) in [5.74, 6) is 1.42. The van der Waals surface area contributed by atoms with Crippen LogP contribution in [0.3, 0.4) is 0 Å². The van der Waals surface area contributed by atoms with E-state index in [0.29, 0.717) is 18.3 Å². The lowest BCUT2D eigenvalue weighted by Crippen LogP contribution is -2.48. The lowest BCUT2D eigenvalue weighted by Gasteiger charge is -2.33. The molecule has 6 heteroatoms. The minimum Gasteiger partial charge on any atom is -0.504 e. The van der Waals surface area contributed by atoms with Crippen molar-refractivity contribution in [1.29, 1.82) is 0 Å². The van der Waals surface area contributed by atoms with Crippen LogP contribution in [0.5, 0.6) is 11.5 Å². The van der Waals surface area contributed by atoms with Gasteiger partial charge in [0.1, 0.15) is 0 Å². The van der Waals surface area contributed by atoms with Gasteiger partial charge in [0.15, 0.2) is 17.5 Å². The molecular weight excluding hydrogens is 364 g/mol. The molecule has 3 N–H and O–H groups in total. The molecule has 2 aromatic carbocycles. The van der Waals surface area contributed by atoms with E-state index in [4.69, 9.17) is 4.74 Å². The maximum Gasteiger partial charge on any atom is 0.191 e. The number of methoxy groups -OCH3 is 1. The molecule has 2 aromatic rings. The second kappa shape index (κ2) is 10.7. The predicted molar refractivity (Wildman–Crippen MR) is 117 cm³/mol. The number of hydrogen-bond acceptors (Lipinski definition) is 4. The Kier molecular flexibility index (Phi) is 7.76. The maximum absolute atomic E-state index is 10.3. The van der Waals surface area contributed by atoms with Crippen molar-refractivity contribution in [3.63, 3.8) is 0 Å². The number of likely N-dealkylation sites (tertiary alicyclic amines) is 1. The van der Waals surface area contributed by atoms with Crippen LogP contribution in [0.25, 0.3) is 0 Å². The van der Waals surface area contributed by atoms with Crippen molar-refractivity contribution in [3.05, 3.63) is 59.7 Å². The summed E-state index contributed by atoms with van der Waals surface area (Å²) < 4.78 is 5.18. The van der Waals surface area contributed by atoms with E-state index in [0.717, 1.165) is 50.5 Å². The Labute approximate surface area is 173 Å². The van der Waals surface area contributed by atoms with Crippen molar-refractivity contribution in [2.45, 2.75) is 38.9 Å². The van der Waals surface area contributed by atoms with Gasteiger partial charge >= 0.3 is 0 Å². The molecule has 6 nitrogen and oxygen atoms in total. The average molecular weight is 397 g/mol. The van der Waals surface area contributed by atoms with Crippen LogP contribution in [0, 0.1) is 0 Å². The molecule has 0 spiro atoms. The summed E-state index contributed by atoms with van der Waals surface area (Å²) in [6.45, 7) is 6.40. The van der Waals surface area contributed by atoms with Crippen LogP contribution in [0.4, 0.5) is 0 Å². The number of nitrogens with one attached hydrogen (secondary N) is 2. The molecule has 3 rings (SSSR count). The highest BCUT2D eigenvalue weighted by Crippen LogP contribution is 2.29. The van der Waals surface area contributed by atoms with Crippen LogP contribution in [0.2, 0.25) is 0 Å². The van der Waals surface area contributed by atoms with Gasteiger partial charge in [-0.15, -0.1) is 0 Å². The topological polar surface area (TPSA) is 69.1 Å². The number of ether oxygens (including phenoxy) is 1. The lowest BCUT2D eigenvalue weighted by atomic mass is 10.0. The summed E-state index contributed by atoms with van der Waals surface area (Å²) in [6.07, 6.45) is 2.17. The van der Waals surface area contributed by atoms with Crippen LogP contribution in [0.15, 0.2) is 53.5 Å². The number of hydrogen-bond donors (Lipinski definition) is 3. The summed E-state index contributed by atoms with van der Waals surface area (Å²) in [5, 5.41) is 17.1. The summed E-state index contributed by atoms with van der Waals surface area (Å²) in [4.78, 5) is 7.17. The van der Waals surface area contributed by atoms with E-state index in [1.54, 1.807) is 13.2 Å². The van der Waals surface area contributed by atoms with Gasteiger partial charge in [-0.3, -0.25) is 4.90 Å². The standard InChI is InChI=1S/C23H32N4O2/c1-3-24-23(25-16-19-10-7-11-21(29-2)22(19)28)26-20-12-14-27(15-13-20)17-18-8-5-4-6-9-18/h4-11,20,28H,3,12-17H2,1-2H3,(H2,24,25,26). The molecule has 1 saturated heterocycles. The Morgan fingerprint density at radius 1 is 1.14 bits per heavy atom. The van der Waals surface area contributed by atoms with Crippen molar-refractivity contribution in [1.82, 2.24) is 15.5 Å². The third-order valence-corrected chi connectivity index (χ3v) is 5.23. The number of aliphatic imine (C=N–C) groups is 1. The number of nitrogens with zero attached hydrogens (tertiary/aromatic N) is 2. The Morgan fingerprint density at radius 2 is 1.90 bits per heavy atom. The molecular formula is C23H32N4O2. The van der Waals surface area contributed by atoms with Crippen LogP contribution < -0.4 is 15.4 Å². The number of phenols is 1. The summed E-state index contributed by atoms with van der Waals surface area (Å²) in [7, 11) is 1.55. The predicted octanol–water partition coefficient (Wildman–Crippen LogP) is 3.12. The Hall–Kier alpha value is -2.73. The third-order valence-electron chi connectivity index (χ3n) is 5.23. The van der Waals surface area contributed by atoms with Gasteiger partial charge in [0.2, 0.25) is 0 Å². The van der Waals surface area contributed by atoms with Gasteiger partial charge < -0.3 is 20.5 Å². The summed E-state index contributed by atoms with van der Waals surface area (Å²) in [5.41, 5.74) is 2.12.